The smallest absolute Gasteiger partial charge is 0.211 e. The van der Waals surface area contributed by atoms with Crippen molar-refractivity contribution in [2.24, 2.45) is 0 Å². The molecule has 0 fully saturated rings. The van der Waals surface area contributed by atoms with Gasteiger partial charge in [-0.25, -0.2) is 9.38 Å². The molecule has 4 heteroatoms. The van der Waals surface area contributed by atoms with Crippen LogP contribution in [0, 0.1) is 5.82 Å². The van der Waals surface area contributed by atoms with Gasteiger partial charge in [-0.15, -0.1) is 0 Å². The number of nitrogens with one attached hydrogen (secondary N) is 2. The van der Waals surface area contributed by atoms with Gasteiger partial charge in [0.15, 0.2) is 6.21 Å². The van der Waals surface area contributed by atoms with Crippen LogP contribution in [0.4, 0.5) is 10.1 Å². The Morgan fingerprint density at radius 3 is 2.44 bits per heavy atom. The third kappa shape index (κ3) is 2.77. The van der Waals surface area contributed by atoms with Crippen molar-refractivity contribution in [1.82, 2.24) is 4.98 Å². The lowest BCUT2D eigenvalue weighted by Crippen LogP contribution is -3.00. The lowest BCUT2D eigenvalue weighted by Gasteiger charge is -2.11. The van der Waals surface area contributed by atoms with Crippen LogP contribution in [0.1, 0.15) is 16.7 Å². The number of hydrogen-bond acceptors (Lipinski definition) is 0. The third-order valence-electron chi connectivity index (χ3n) is 4.86. The molecule has 0 saturated heterocycles. The van der Waals surface area contributed by atoms with E-state index >= 15 is 0 Å². The summed E-state index contributed by atoms with van der Waals surface area (Å²) >= 11 is 0. The SMILES string of the molecule is Fc1ccccc1C(=C1C=[NH+]c2ccccc21)c1c[nH]c2ccccc12.[Cl-]. The minimum Gasteiger partial charge on any atom is -1.00 e. The Kier molecular flexibility index (Phi) is 4.38. The molecule has 2 heterocycles. The van der Waals surface area contributed by atoms with E-state index in [1.165, 1.54) is 6.07 Å². The van der Waals surface area contributed by atoms with E-state index in [4.69, 9.17) is 0 Å². The number of para-hydroxylation sites is 2. The molecule has 4 aromatic rings. The molecule has 0 amide bonds. The van der Waals surface area contributed by atoms with Gasteiger partial charge >= 0.3 is 0 Å². The Morgan fingerprint density at radius 1 is 0.815 bits per heavy atom. The molecule has 3 aromatic carbocycles. The van der Waals surface area contributed by atoms with Crippen LogP contribution < -0.4 is 17.4 Å². The lowest BCUT2D eigenvalue weighted by molar-refractivity contribution is -0.342. The molecule has 1 aliphatic rings. The number of H-pyrrole nitrogens is 1. The van der Waals surface area contributed by atoms with E-state index in [9.17, 15) is 4.39 Å². The highest BCUT2D eigenvalue weighted by molar-refractivity contribution is 6.24. The van der Waals surface area contributed by atoms with Gasteiger partial charge in [-0.1, -0.05) is 48.5 Å². The third-order valence-corrected chi connectivity index (χ3v) is 4.86. The van der Waals surface area contributed by atoms with Crippen molar-refractivity contribution in [2.45, 2.75) is 0 Å². The zero-order valence-corrected chi connectivity index (χ0v) is 15.1. The molecule has 0 unspecified atom stereocenters. The number of fused-ring (bicyclic) bond motifs is 2. The highest BCUT2D eigenvalue weighted by Gasteiger charge is 2.25. The largest absolute Gasteiger partial charge is 1.00 e. The molecule has 0 spiro atoms. The zero-order chi connectivity index (χ0) is 17.5. The van der Waals surface area contributed by atoms with Crippen LogP contribution in [0.3, 0.4) is 0 Å². The first-order valence-corrected chi connectivity index (χ1v) is 8.58. The quantitative estimate of drug-likeness (QED) is 0.526. The van der Waals surface area contributed by atoms with Gasteiger partial charge in [-0.05, 0) is 18.2 Å². The lowest BCUT2D eigenvalue weighted by atomic mass is 9.90. The van der Waals surface area contributed by atoms with E-state index in [1.807, 2.05) is 60.9 Å². The average Bonchev–Trinajstić information content (AvgIpc) is 3.29. The van der Waals surface area contributed by atoms with E-state index in [1.54, 1.807) is 6.07 Å². The number of halogens is 2. The summed E-state index contributed by atoms with van der Waals surface area (Å²) in [5.41, 5.74) is 6.63. The highest BCUT2D eigenvalue weighted by atomic mass is 35.5. The Morgan fingerprint density at radius 2 is 1.56 bits per heavy atom. The first-order valence-electron chi connectivity index (χ1n) is 8.58. The fraction of sp³-hybridized carbons (Fsp3) is 0. The summed E-state index contributed by atoms with van der Waals surface area (Å²) in [5, 5.41) is 1.08. The summed E-state index contributed by atoms with van der Waals surface area (Å²) in [4.78, 5) is 6.63. The Hall–Kier alpha value is -3.17. The first kappa shape index (κ1) is 17.3. The minimum absolute atomic E-state index is 0. The van der Waals surface area contributed by atoms with Gasteiger partial charge < -0.3 is 17.4 Å². The molecule has 27 heavy (non-hydrogen) atoms. The predicted molar refractivity (Wildman–Crippen MR) is 104 cm³/mol. The van der Waals surface area contributed by atoms with Crippen LogP contribution in [-0.4, -0.2) is 11.2 Å². The van der Waals surface area contributed by atoms with Crippen LogP contribution in [0.25, 0.3) is 22.0 Å². The van der Waals surface area contributed by atoms with Gasteiger partial charge in [0.25, 0.3) is 0 Å². The molecule has 132 valence electrons. The fourth-order valence-electron chi connectivity index (χ4n) is 3.66. The predicted octanol–water partition coefficient (Wildman–Crippen LogP) is 1.07. The van der Waals surface area contributed by atoms with Gasteiger partial charge in [-0.3, -0.25) is 0 Å². The maximum absolute atomic E-state index is 14.8. The van der Waals surface area contributed by atoms with E-state index in [0.717, 1.165) is 38.9 Å². The van der Waals surface area contributed by atoms with Gasteiger partial charge in [0.2, 0.25) is 5.69 Å². The van der Waals surface area contributed by atoms with Crippen molar-refractivity contribution >= 4 is 34.0 Å². The van der Waals surface area contributed by atoms with Crippen LogP contribution in [-0.2, 0) is 0 Å². The molecule has 0 aliphatic carbocycles. The standard InChI is InChI=1S/C23H15FN2.ClH/c24-20-10-4-1-9-17(20)23(18-13-25-21-11-5-2-7-15(18)21)19-14-26-22-12-6-3-8-16(19)22;/h1-14,25H;1H. The van der Waals surface area contributed by atoms with Crippen LogP contribution >= 0.6 is 0 Å². The molecule has 1 aromatic heterocycles. The number of allylic oxidation sites excluding steroid dienone is 1. The topological polar surface area (TPSA) is 29.8 Å². The number of hydrogen-bond donors (Lipinski definition) is 2. The first-order chi connectivity index (χ1) is 12.8. The molecule has 5 rings (SSSR count). The van der Waals surface area contributed by atoms with Crippen LogP contribution in [0.2, 0.25) is 0 Å². The highest BCUT2D eigenvalue weighted by Crippen LogP contribution is 2.38. The molecule has 2 nitrogen and oxygen atoms in total. The summed E-state index contributed by atoms with van der Waals surface area (Å²) in [5.74, 6) is -0.224. The normalized spacial score (nSPS) is 14.1. The van der Waals surface area contributed by atoms with Gasteiger partial charge in [0.1, 0.15) is 5.82 Å². The molecule has 1 aliphatic heterocycles. The van der Waals surface area contributed by atoms with Crippen molar-refractivity contribution in [3.63, 3.8) is 0 Å². The number of aromatic amines is 1. The summed E-state index contributed by atoms with van der Waals surface area (Å²) in [6.07, 6.45) is 3.93. The molecular weight excluding hydrogens is 359 g/mol. The Balaban J connectivity index is 0.00000180. The second-order valence-electron chi connectivity index (χ2n) is 6.35. The van der Waals surface area contributed by atoms with Crippen molar-refractivity contribution in [3.05, 3.63) is 102 Å². The van der Waals surface area contributed by atoms with Gasteiger partial charge in [0.05, 0.1) is 11.1 Å². The van der Waals surface area contributed by atoms with E-state index in [-0.39, 0.29) is 18.2 Å². The molecule has 0 saturated carbocycles. The summed E-state index contributed by atoms with van der Waals surface area (Å²) in [6, 6.07) is 23.2. The summed E-state index contributed by atoms with van der Waals surface area (Å²) in [7, 11) is 0. The van der Waals surface area contributed by atoms with E-state index in [0.29, 0.717) is 5.56 Å². The fourth-order valence-corrected chi connectivity index (χ4v) is 3.66. The summed E-state index contributed by atoms with van der Waals surface area (Å²) in [6.45, 7) is 0. The zero-order valence-electron chi connectivity index (χ0n) is 14.3. The second kappa shape index (κ2) is 6.86. The minimum atomic E-state index is -0.224. The Bertz CT molecular complexity index is 1200. The molecule has 2 N–H and O–H groups in total. The second-order valence-corrected chi connectivity index (χ2v) is 6.35. The molecule has 0 atom stereocenters. The monoisotopic (exact) mass is 374 g/mol. The van der Waals surface area contributed by atoms with Crippen molar-refractivity contribution < 1.29 is 21.8 Å². The van der Waals surface area contributed by atoms with Crippen molar-refractivity contribution in [3.8, 4) is 0 Å². The maximum atomic E-state index is 14.8. The summed E-state index contributed by atoms with van der Waals surface area (Å²) < 4.78 is 14.8. The molecular formula is C23H16ClFN2. The van der Waals surface area contributed by atoms with E-state index in [2.05, 4.69) is 22.1 Å². The maximum Gasteiger partial charge on any atom is 0.211 e. The molecule has 0 radical (unpaired) electrons. The Labute approximate surface area is 162 Å². The molecule has 0 bridgehead atoms. The van der Waals surface area contributed by atoms with Crippen LogP contribution in [0.5, 0.6) is 0 Å². The van der Waals surface area contributed by atoms with Crippen molar-refractivity contribution in [1.29, 1.82) is 0 Å². The van der Waals surface area contributed by atoms with Gasteiger partial charge in [0, 0.05) is 39.9 Å². The van der Waals surface area contributed by atoms with Gasteiger partial charge in [-0.2, -0.15) is 0 Å². The van der Waals surface area contributed by atoms with Crippen molar-refractivity contribution in [2.75, 3.05) is 0 Å². The average molecular weight is 375 g/mol. The number of rotatable bonds is 2. The van der Waals surface area contributed by atoms with E-state index < -0.39 is 0 Å². The van der Waals surface area contributed by atoms with Crippen LogP contribution in [0.15, 0.2) is 79.0 Å². The number of aromatic nitrogens is 1. The number of benzene rings is 3.